The third-order valence-electron chi connectivity index (χ3n) is 5.36. The Morgan fingerprint density at radius 2 is 1.85 bits per heavy atom. The molecule has 7 nitrogen and oxygen atoms in total. The van der Waals surface area contributed by atoms with Crippen LogP contribution in [0.3, 0.4) is 0 Å². The number of aliphatic imine (C=N–C) groups is 2. The molecule has 0 heterocycles. The van der Waals surface area contributed by atoms with Crippen molar-refractivity contribution in [2.45, 2.75) is 52.9 Å². The highest BCUT2D eigenvalue weighted by Crippen LogP contribution is 2.34. The fraction of sp³-hybridized carbons (Fsp3) is 0.429. The van der Waals surface area contributed by atoms with E-state index < -0.39 is 17.7 Å². The minimum absolute atomic E-state index is 0.0654. The summed E-state index contributed by atoms with van der Waals surface area (Å²) in [6.07, 6.45) is 5.31. The van der Waals surface area contributed by atoms with Gasteiger partial charge < -0.3 is 15.5 Å². The van der Waals surface area contributed by atoms with Crippen molar-refractivity contribution in [1.29, 1.82) is 0 Å². The van der Waals surface area contributed by atoms with Crippen LogP contribution < -0.4 is 10.6 Å². The molecule has 1 rings (SSSR count). The number of halogens is 4. The Kier molecular flexibility index (Phi) is 14.3. The van der Waals surface area contributed by atoms with Crippen LogP contribution in [0.2, 0.25) is 5.02 Å². The molecule has 214 valence electrons. The quantitative estimate of drug-likeness (QED) is 0.110. The third kappa shape index (κ3) is 12.2. The predicted molar refractivity (Wildman–Crippen MR) is 158 cm³/mol. The van der Waals surface area contributed by atoms with Gasteiger partial charge in [0.2, 0.25) is 0 Å². The van der Waals surface area contributed by atoms with Gasteiger partial charge in [0.15, 0.2) is 0 Å². The molecule has 0 saturated carbocycles. The number of hydrogen-bond donors (Lipinski definition) is 2. The van der Waals surface area contributed by atoms with Gasteiger partial charge in [-0.05, 0) is 84.4 Å². The molecule has 0 spiro atoms. The molecule has 0 aliphatic heterocycles. The molecule has 2 amide bonds. The Morgan fingerprint density at radius 3 is 2.44 bits per heavy atom. The highest BCUT2D eigenvalue weighted by atomic mass is 35.5. The lowest BCUT2D eigenvalue weighted by atomic mass is 10.1. The van der Waals surface area contributed by atoms with Crippen LogP contribution in [0.1, 0.15) is 52.5 Å². The Morgan fingerprint density at radius 1 is 1.18 bits per heavy atom. The van der Waals surface area contributed by atoms with E-state index in [1.165, 1.54) is 31.5 Å². The zero-order valence-corrected chi connectivity index (χ0v) is 24.8. The molecule has 0 aliphatic carbocycles. The predicted octanol–water partition coefficient (Wildman–Crippen LogP) is 6.70. The molecule has 1 aromatic rings. The largest absolute Gasteiger partial charge is 0.345 e. The zero-order valence-electron chi connectivity index (χ0n) is 23.3. The number of carbonyl (C=O) groups excluding carboxylic acids is 2. The van der Waals surface area contributed by atoms with Crippen molar-refractivity contribution in [3.05, 3.63) is 63.4 Å². The number of nitrogens with one attached hydrogen (secondary N) is 2. The number of amides is 2. The van der Waals surface area contributed by atoms with E-state index in [0.717, 1.165) is 32.4 Å². The van der Waals surface area contributed by atoms with Gasteiger partial charge in [-0.25, -0.2) is 8.78 Å². The SMILES string of the molecule is C=C(CCCCN(C)C)/C(Cl)=C(\N=C/C)C(=O)NC/C(C)=N/C=C(\C)C(=O)Nc1ccc(Cl)c(C(C)(F)F)c1. The van der Waals surface area contributed by atoms with Crippen molar-refractivity contribution < 1.29 is 18.4 Å². The van der Waals surface area contributed by atoms with Crippen LogP contribution in [-0.2, 0) is 15.5 Å². The van der Waals surface area contributed by atoms with Crippen LogP contribution in [0.4, 0.5) is 14.5 Å². The molecule has 0 aromatic heterocycles. The van der Waals surface area contributed by atoms with Crippen LogP contribution in [0.15, 0.2) is 62.8 Å². The van der Waals surface area contributed by atoms with E-state index >= 15 is 0 Å². The van der Waals surface area contributed by atoms with Gasteiger partial charge in [0.25, 0.3) is 17.7 Å². The van der Waals surface area contributed by atoms with Crippen LogP contribution in [0, 0.1) is 0 Å². The van der Waals surface area contributed by atoms with Crippen molar-refractivity contribution in [2.24, 2.45) is 9.98 Å². The molecule has 0 radical (unpaired) electrons. The van der Waals surface area contributed by atoms with E-state index in [9.17, 15) is 18.4 Å². The molecule has 0 unspecified atom stereocenters. The highest BCUT2D eigenvalue weighted by molar-refractivity contribution is 6.34. The summed E-state index contributed by atoms with van der Waals surface area (Å²) in [4.78, 5) is 35.7. The maximum Gasteiger partial charge on any atom is 0.272 e. The summed E-state index contributed by atoms with van der Waals surface area (Å²) >= 11 is 12.3. The summed E-state index contributed by atoms with van der Waals surface area (Å²) in [5.74, 6) is -4.16. The van der Waals surface area contributed by atoms with E-state index in [4.69, 9.17) is 23.2 Å². The number of benzene rings is 1. The van der Waals surface area contributed by atoms with Crippen LogP contribution in [0.5, 0.6) is 0 Å². The molecule has 0 bridgehead atoms. The standard InChI is InChI=1S/C28H37Cl2F2N5O2/c1-8-33-25(24(30)18(2)11-9-10-14-37(6)7)27(39)35-17-20(4)34-16-19(3)26(38)36-21-12-13-23(29)22(15-21)28(5,31)32/h8,12-13,15-16H,2,9-11,14,17H2,1,3-7H3,(H,35,39)(H,36,38)/b19-16+,25-24+,33-8-,34-20+. The monoisotopic (exact) mass is 583 g/mol. The maximum absolute atomic E-state index is 13.7. The second kappa shape index (κ2) is 16.3. The van der Waals surface area contributed by atoms with Gasteiger partial charge in [0.05, 0.1) is 11.6 Å². The lowest BCUT2D eigenvalue weighted by molar-refractivity contribution is -0.117. The Bertz CT molecular complexity index is 1170. The number of allylic oxidation sites excluding steroid dienone is 2. The normalized spacial score (nSPS) is 13.5. The Hall–Kier alpha value is -2.88. The minimum atomic E-state index is -3.16. The second-order valence-corrected chi connectivity index (χ2v) is 10.1. The van der Waals surface area contributed by atoms with Crippen LogP contribution in [0.25, 0.3) is 0 Å². The summed E-state index contributed by atoms with van der Waals surface area (Å²) in [6, 6.07) is 3.86. The van der Waals surface area contributed by atoms with Crippen molar-refractivity contribution in [2.75, 3.05) is 32.5 Å². The topological polar surface area (TPSA) is 86.2 Å². The van der Waals surface area contributed by atoms with Crippen molar-refractivity contribution in [3.8, 4) is 0 Å². The number of alkyl halides is 2. The average molecular weight is 585 g/mol. The molecule has 0 aliphatic rings. The Labute approximate surface area is 239 Å². The molecule has 0 saturated heterocycles. The number of hydrogen-bond acceptors (Lipinski definition) is 5. The highest BCUT2D eigenvalue weighted by Gasteiger charge is 2.27. The maximum atomic E-state index is 13.7. The molecule has 0 atom stereocenters. The summed E-state index contributed by atoms with van der Waals surface area (Å²) < 4.78 is 27.4. The van der Waals surface area contributed by atoms with Gasteiger partial charge >= 0.3 is 0 Å². The molecule has 2 N–H and O–H groups in total. The molecule has 39 heavy (non-hydrogen) atoms. The van der Waals surface area contributed by atoms with Crippen LogP contribution in [-0.4, -0.2) is 55.8 Å². The first-order valence-electron chi connectivity index (χ1n) is 12.4. The summed E-state index contributed by atoms with van der Waals surface area (Å²) in [5.41, 5.74) is 1.22. The summed E-state index contributed by atoms with van der Waals surface area (Å²) in [6.45, 7) is 10.6. The van der Waals surface area contributed by atoms with E-state index in [0.29, 0.717) is 17.7 Å². The number of carbonyl (C=O) groups is 2. The van der Waals surface area contributed by atoms with E-state index in [2.05, 4.69) is 32.1 Å². The fourth-order valence-electron chi connectivity index (χ4n) is 3.16. The minimum Gasteiger partial charge on any atom is -0.345 e. The van der Waals surface area contributed by atoms with Gasteiger partial charge in [0.1, 0.15) is 5.70 Å². The first kappa shape index (κ1) is 34.1. The van der Waals surface area contributed by atoms with Gasteiger partial charge in [0, 0.05) is 46.9 Å². The number of rotatable bonds is 14. The second-order valence-electron chi connectivity index (χ2n) is 9.31. The van der Waals surface area contributed by atoms with Gasteiger partial charge in [-0.2, -0.15) is 0 Å². The summed E-state index contributed by atoms with van der Waals surface area (Å²) in [5, 5.41) is 5.38. The molecule has 1 aromatic carbocycles. The lowest BCUT2D eigenvalue weighted by Gasteiger charge is -2.14. The number of nitrogens with zero attached hydrogens (tertiary/aromatic N) is 3. The van der Waals surface area contributed by atoms with E-state index in [-0.39, 0.29) is 39.1 Å². The molecular weight excluding hydrogens is 547 g/mol. The van der Waals surface area contributed by atoms with Gasteiger partial charge in [-0.3, -0.25) is 19.6 Å². The first-order valence-corrected chi connectivity index (χ1v) is 13.1. The fourth-order valence-corrected chi connectivity index (χ4v) is 3.67. The first-order chi connectivity index (χ1) is 18.2. The summed E-state index contributed by atoms with van der Waals surface area (Å²) in [7, 11) is 4.01. The van der Waals surface area contributed by atoms with Crippen molar-refractivity contribution in [3.63, 3.8) is 0 Å². The number of anilines is 1. The average Bonchev–Trinajstić information content (AvgIpc) is 2.86. The zero-order chi connectivity index (χ0) is 29.8. The van der Waals surface area contributed by atoms with Crippen molar-refractivity contribution in [1.82, 2.24) is 10.2 Å². The van der Waals surface area contributed by atoms with Gasteiger partial charge in [-0.1, -0.05) is 29.8 Å². The molecule has 0 fully saturated rings. The van der Waals surface area contributed by atoms with Crippen LogP contribution >= 0.6 is 23.2 Å². The molecular formula is C28H37Cl2F2N5O2. The smallest absolute Gasteiger partial charge is 0.272 e. The lowest BCUT2D eigenvalue weighted by Crippen LogP contribution is -2.29. The Balaban J connectivity index is 2.82. The number of unbranched alkanes of at least 4 members (excludes halogenated alkanes) is 1. The van der Waals surface area contributed by atoms with E-state index in [1.807, 2.05) is 14.1 Å². The molecule has 11 heteroatoms. The van der Waals surface area contributed by atoms with E-state index in [1.54, 1.807) is 13.8 Å². The third-order valence-corrected chi connectivity index (χ3v) is 6.14. The van der Waals surface area contributed by atoms with Crippen molar-refractivity contribution >= 4 is 52.6 Å². The van der Waals surface area contributed by atoms with Gasteiger partial charge in [-0.15, -0.1) is 0 Å².